The predicted molar refractivity (Wildman–Crippen MR) is 67.4 cm³/mol. The van der Waals surface area contributed by atoms with Crippen molar-refractivity contribution in [3.05, 3.63) is 41.7 Å². The minimum atomic E-state index is -0.700. The normalized spacial score (nSPS) is 10.3. The summed E-state index contributed by atoms with van der Waals surface area (Å²) in [5, 5.41) is 3.05. The van der Waals surface area contributed by atoms with E-state index < -0.39 is 11.6 Å². The van der Waals surface area contributed by atoms with Crippen LogP contribution in [0, 0.1) is 18.6 Å². The summed E-state index contributed by atoms with van der Waals surface area (Å²) in [5.74, 6) is -0.454. The summed E-state index contributed by atoms with van der Waals surface area (Å²) >= 11 is 0. The summed E-state index contributed by atoms with van der Waals surface area (Å²) in [6.07, 6.45) is 1.33. The van der Waals surface area contributed by atoms with Gasteiger partial charge < -0.3 is 10.1 Å². The standard InChI is InChI=1S/C13H13F2N3O/c1-3-16-12-8(2)13(18-7-17-12)19-11-5-9(14)4-10(15)6-11/h4-7H,3H2,1-2H3,(H,16,17,18). The molecule has 0 unspecified atom stereocenters. The van der Waals surface area contributed by atoms with E-state index >= 15 is 0 Å². The molecule has 4 nitrogen and oxygen atoms in total. The molecular weight excluding hydrogens is 252 g/mol. The fourth-order valence-electron chi connectivity index (χ4n) is 1.58. The first-order valence-electron chi connectivity index (χ1n) is 5.79. The fourth-order valence-corrected chi connectivity index (χ4v) is 1.58. The highest BCUT2D eigenvalue weighted by atomic mass is 19.1. The molecule has 0 bridgehead atoms. The summed E-state index contributed by atoms with van der Waals surface area (Å²) in [6.45, 7) is 4.40. The molecule has 1 aromatic heterocycles. The minimum Gasteiger partial charge on any atom is -0.438 e. The highest BCUT2D eigenvalue weighted by Crippen LogP contribution is 2.26. The van der Waals surface area contributed by atoms with Crippen LogP contribution in [0.3, 0.4) is 0 Å². The number of hydrogen-bond donors (Lipinski definition) is 1. The van der Waals surface area contributed by atoms with Crippen LogP contribution in [0.1, 0.15) is 12.5 Å². The van der Waals surface area contributed by atoms with Crippen molar-refractivity contribution < 1.29 is 13.5 Å². The molecule has 6 heteroatoms. The van der Waals surface area contributed by atoms with Crippen molar-refractivity contribution in [1.82, 2.24) is 9.97 Å². The van der Waals surface area contributed by atoms with E-state index in [1.165, 1.54) is 6.33 Å². The molecule has 1 N–H and O–H groups in total. The second-order valence-electron chi connectivity index (χ2n) is 3.89. The summed E-state index contributed by atoms with van der Waals surface area (Å²) < 4.78 is 31.5. The fraction of sp³-hybridized carbons (Fsp3) is 0.231. The lowest BCUT2D eigenvalue weighted by molar-refractivity contribution is 0.447. The molecule has 0 fully saturated rings. The van der Waals surface area contributed by atoms with Gasteiger partial charge in [-0.15, -0.1) is 0 Å². The van der Waals surface area contributed by atoms with Crippen molar-refractivity contribution >= 4 is 5.82 Å². The lowest BCUT2D eigenvalue weighted by Crippen LogP contribution is -2.04. The molecular formula is C13H13F2N3O. The van der Waals surface area contributed by atoms with Crippen LogP contribution >= 0.6 is 0 Å². The Morgan fingerprint density at radius 3 is 2.47 bits per heavy atom. The SMILES string of the molecule is CCNc1ncnc(Oc2cc(F)cc(F)c2)c1C. The van der Waals surface area contributed by atoms with Gasteiger partial charge in [0, 0.05) is 24.7 Å². The maximum atomic E-state index is 13.1. The topological polar surface area (TPSA) is 47.0 Å². The van der Waals surface area contributed by atoms with Crippen molar-refractivity contribution in [3.8, 4) is 11.6 Å². The van der Waals surface area contributed by atoms with E-state index in [1.807, 2.05) is 6.92 Å². The van der Waals surface area contributed by atoms with Crippen molar-refractivity contribution in [2.45, 2.75) is 13.8 Å². The largest absolute Gasteiger partial charge is 0.438 e. The zero-order valence-electron chi connectivity index (χ0n) is 10.6. The number of anilines is 1. The molecule has 0 aliphatic heterocycles. The third kappa shape index (κ3) is 3.15. The van der Waals surface area contributed by atoms with E-state index in [-0.39, 0.29) is 11.6 Å². The van der Waals surface area contributed by atoms with Crippen molar-refractivity contribution in [1.29, 1.82) is 0 Å². The van der Waals surface area contributed by atoms with Gasteiger partial charge in [0.25, 0.3) is 0 Å². The van der Waals surface area contributed by atoms with Crippen molar-refractivity contribution in [2.24, 2.45) is 0 Å². The zero-order chi connectivity index (χ0) is 13.8. The Morgan fingerprint density at radius 1 is 1.16 bits per heavy atom. The molecule has 0 spiro atoms. The third-order valence-electron chi connectivity index (χ3n) is 2.43. The van der Waals surface area contributed by atoms with Crippen molar-refractivity contribution in [3.63, 3.8) is 0 Å². The molecule has 0 atom stereocenters. The summed E-state index contributed by atoms with van der Waals surface area (Å²) in [7, 11) is 0. The van der Waals surface area contributed by atoms with Crippen LogP contribution in [-0.2, 0) is 0 Å². The van der Waals surface area contributed by atoms with E-state index in [0.29, 0.717) is 17.9 Å². The Balaban J connectivity index is 2.30. The van der Waals surface area contributed by atoms with Gasteiger partial charge in [-0.1, -0.05) is 0 Å². The van der Waals surface area contributed by atoms with Crippen LogP contribution < -0.4 is 10.1 Å². The molecule has 2 rings (SSSR count). The maximum Gasteiger partial charge on any atom is 0.227 e. The third-order valence-corrected chi connectivity index (χ3v) is 2.43. The van der Waals surface area contributed by atoms with E-state index in [2.05, 4.69) is 15.3 Å². The molecule has 0 radical (unpaired) electrons. The highest BCUT2D eigenvalue weighted by molar-refractivity contribution is 5.48. The number of halogens is 2. The van der Waals surface area contributed by atoms with Gasteiger partial charge in [-0.05, 0) is 13.8 Å². The van der Waals surface area contributed by atoms with E-state index in [9.17, 15) is 8.78 Å². The minimum absolute atomic E-state index is 0.0572. The average molecular weight is 265 g/mol. The van der Waals surface area contributed by atoms with E-state index in [0.717, 1.165) is 18.2 Å². The monoisotopic (exact) mass is 265 g/mol. The highest BCUT2D eigenvalue weighted by Gasteiger charge is 2.10. The zero-order valence-corrected chi connectivity index (χ0v) is 10.6. The van der Waals surface area contributed by atoms with Gasteiger partial charge in [0.05, 0.1) is 5.56 Å². The molecule has 1 aromatic carbocycles. The van der Waals surface area contributed by atoms with Crippen molar-refractivity contribution in [2.75, 3.05) is 11.9 Å². The number of benzene rings is 1. The van der Waals surface area contributed by atoms with Crippen LogP contribution in [0.25, 0.3) is 0 Å². The van der Waals surface area contributed by atoms with Gasteiger partial charge in [0.2, 0.25) is 5.88 Å². The first kappa shape index (κ1) is 13.2. The Bertz CT molecular complexity index is 570. The lowest BCUT2D eigenvalue weighted by Gasteiger charge is -2.11. The number of hydrogen-bond acceptors (Lipinski definition) is 4. The Hall–Kier alpha value is -2.24. The second kappa shape index (κ2) is 5.60. The molecule has 1 heterocycles. The van der Waals surface area contributed by atoms with Gasteiger partial charge in [-0.2, -0.15) is 0 Å². The van der Waals surface area contributed by atoms with Gasteiger partial charge in [0.1, 0.15) is 29.5 Å². The van der Waals surface area contributed by atoms with E-state index in [1.54, 1.807) is 6.92 Å². The van der Waals surface area contributed by atoms with Crippen LogP contribution in [-0.4, -0.2) is 16.5 Å². The van der Waals surface area contributed by atoms with Gasteiger partial charge >= 0.3 is 0 Å². The quantitative estimate of drug-likeness (QED) is 0.921. The predicted octanol–water partition coefficient (Wildman–Crippen LogP) is 3.29. The van der Waals surface area contributed by atoms with Crippen LogP contribution in [0.4, 0.5) is 14.6 Å². The number of ether oxygens (including phenoxy) is 1. The smallest absolute Gasteiger partial charge is 0.227 e. The van der Waals surface area contributed by atoms with Gasteiger partial charge in [0.15, 0.2) is 0 Å². The van der Waals surface area contributed by atoms with Gasteiger partial charge in [-0.25, -0.2) is 18.7 Å². The summed E-state index contributed by atoms with van der Waals surface area (Å²) in [4.78, 5) is 8.01. The second-order valence-corrected chi connectivity index (χ2v) is 3.89. The van der Waals surface area contributed by atoms with E-state index in [4.69, 9.17) is 4.74 Å². The maximum absolute atomic E-state index is 13.1. The molecule has 2 aromatic rings. The molecule has 19 heavy (non-hydrogen) atoms. The molecule has 0 saturated heterocycles. The number of nitrogens with zero attached hydrogens (tertiary/aromatic N) is 2. The molecule has 0 amide bonds. The first-order valence-corrected chi connectivity index (χ1v) is 5.79. The summed E-state index contributed by atoms with van der Waals surface area (Å²) in [6, 6.07) is 2.97. The summed E-state index contributed by atoms with van der Waals surface area (Å²) in [5.41, 5.74) is 0.675. The Labute approximate surface area is 109 Å². The first-order chi connectivity index (χ1) is 9.10. The number of nitrogens with one attached hydrogen (secondary N) is 1. The molecule has 100 valence electrons. The lowest BCUT2D eigenvalue weighted by atomic mass is 10.3. The van der Waals surface area contributed by atoms with Crippen LogP contribution in [0.15, 0.2) is 24.5 Å². The molecule has 0 aliphatic carbocycles. The van der Waals surface area contributed by atoms with Gasteiger partial charge in [-0.3, -0.25) is 0 Å². The Morgan fingerprint density at radius 2 is 1.84 bits per heavy atom. The number of aromatic nitrogens is 2. The average Bonchev–Trinajstić information content (AvgIpc) is 2.33. The van der Waals surface area contributed by atoms with Crippen LogP contribution in [0.5, 0.6) is 11.6 Å². The molecule has 0 saturated carbocycles. The number of rotatable bonds is 4. The van der Waals surface area contributed by atoms with Crippen LogP contribution in [0.2, 0.25) is 0 Å². The molecule has 0 aliphatic rings. The Kier molecular flexibility index (Phi) is 3.89.